The lowest BCUT2D eigenvalue weighted by molar-refractivity contribution is -0.144. The number of fused-ring (bicyclic) bond motifs is 1. The van der Waals surface area contributed by atoms with Gasteiger partial charge in [0.15, 0.2) is 11.7 Å². The molecule has 0 saturated heterocycles. The number of halogens is 1. The van der Waals surface area contributed by atoms with Crippen LogP contribution in [0.2, 0.25) is 0 Å². The number of carbonyl (C=O) groups excluding carboxylic acids is 2. The lowest BCUT2D eigenvalue weighted by Gasteiger charge is -2.08. The van der Waals surface area contributed by atoms with Crippen molar-refractivity contribution >= 4 is 66.8 Å². The van der Waals surface area contributed by atoms with E-state index in [1.165, 1.54) is 23.1 Å². The monoisotopic (exact) mass is 542 g/mol. The molecule has 3 aromatic carbocycles. The molecule has 0 fully saturated rings. The lowest BCUT2D eigenvalue weighted by Crippen LogP contribution is -2.21. The third kappa shape index (κ3) is 5.93. The molecule has 1 aromatic heterocycles. The Kier molecular flexibility index (Phi) is 7.64. The largest absolute Gasteiger partial charge is 0.497 e. The number of nitrogens with zero attached hydrogens (tertiary/aromatic N) is 1. The molecule has 0 atom stereocenters. The van der Waals surface area contributed by atoms with E-state index in [1.54, 1.807) is 7.11 Å². The highest BCUT2D eigenvalue weighted by atomic mass is 79.9. The van der Waals surface area contributed by atoms with E-state index >= 15 is 0 Å². The summed E-state index contributed by atoms with van der Waals surface area (Å²) in [7, 11) is 1.61. The summed E-state index contributed by atoms with van der Waals surface area (Å²) in [5, 5.41) is 7.15. The number of benzene rings is 3. The molecule has 0 radical (unpaired) electrons. The molecule has 0 spiro atoms. The smallest absolute Gasteiger partial charge is 0.316 e. The summed E-state index contributed by atoms with van der Waals surface area (Å²) in [6.45, 7) is -0.365. The Bertz CT molecular complexity index is 1290. The summed E-state index contributed by atoms with van der Waals surface area (Å²) < 4.78 is 11.2. The van der Waals surface area contributed by atoms with Crippen LogP contribution in [0.5, 0.6) is 5.75 Å². The van der Waals surface area contributed by atoms with Gasteiger partial charge in [0.1, 0.15) is 5.75 Å². The summed E-state index contributed by atoms with van der Waals surface area (Å²) in [6, 6.07) is 19.5. The van der Waals surface area contributed by atoms with Gasteiger partial charge in [0.05, 0.1) is 18.6 Å². The first-order chi connectivity index (χ1) is 16.0. The molecule has 168 valence electrons. The van der Waals surface area contributed by atoms with Crippen LogP contribution in [0.4, 0.5) is 5.13 Å². The molecule has 0 aliphatic heterocycles. The highest BCUT2D eigenvalue weighted by molar-refractivity contribution is 9.10. The number of ether oxygens (including phenoxy) is 2. The topological polar surface area (TPSA) is 77.5 Å². The summed E-state index contributed by atoms with van der Waals surface area (Å²) in [6.07, 6.45) is 0. The van der Waals surface area contributed by atoms with Crippen LogP contribution in [-0.4, -0.2) is 36.3 Å². The van der Waals surface area contributed by atoms with Crippen LogP contribution in [-0.2, 0) is 14.3 Å². The van der Waals surface area contributed by atoms with E-state index in [1.807, 2.05) is 66.0 Å². The highest BCUT2D eigenvalue weighted by Gasteiger charge is 2.13. The van der Waals surface area contributed by atoms with Gasteiger partial charge < -0.3 is 9.47 Å². The van der Waals surface area contributed by atoms with Gasteiger partial charge in [-0.05, 0) is 57.0 Å². The maximum atomic E-state index is 12.2. The maximum Gasteiger partial charge on any atom is 0.316 e. The highest BCUT2D eigenvalue weighted by Crippen LogP contribution is 2.34. The molecule has 6 nitrogen and oxygen atoms in total. The van der Waals surface area contributed by atoms with E-state index in [0.29, 0.717) is 5.13 Å². The predicted octanol–water partition coefficient (Wildman–Crippen LogP) is 6.01. The zero-order valence-electron chi connectivity index (χ0n) is 17.5. The Morgan fingerprint density at radius 1 is 1.09 bits per heavy atom. The summed E-state index contributed by atoms with van der Waals surface area (Å²) in [4.78, 5) is 29.6. The van der Waals surface area contributed by atoms with Crippen molar-refractivity contribution in [3.63, 3.8) is 0 Å². The van der Waals surface area contributed by atoms with Crippen LogP contribution >= 0.6 is 39.0 Å². The fourth-order valence-electron chi connectivity index (χ4n) is 3.03. The summed E-state index contributed by atoms with van der Waals surface area (Å²) in [5.74, 6) is -0.0390. The van der Waals surface area contributed by atoms with Crippen LogP contribution in [0.3, 0.4) is 0 Å². The number of thioether (sulfide) groups is 1. The van der Waals surface area contributed by atoms with E-state index in [9.17, 15) is 9.59 Å². The number of hydrogen-bond donors (Lipinski definition) is 1. The van der Waals surface area contributed by atoms with Gasteiger partial charge in [0, 0.05) is 20.3 Å². The number of hydrogen-bond acceptors (Lipinski definition) is 7. The van der Waals surface area contributed by atoms with Crippen LogP contribution in [0, 0.1) is 0 Å². The van der Waals surface area contributed by atoms with Crippen LogP contribution in [0.15, 0.2) is 75.4 Å². The molecule has 4 aromatic rings. The summed E-state index contributed by atoms with van der Waals surface area (Å²) >= 11 is 6.27. The fraction of sp³-hybridized carbons (Fsp3) is 0.125. The Morgan fingerprint density at radius 3 is 2.67 bits per heavy atom. The van der Waals surface area contributed by atoms with Crippen molar-refractivity contribution < 1.29 is 19.1 Å². The van der Waals surface area contributed by atoms with Crippen molar-refractivity contribution in [2.24, 2.45) is 0 Å². The summed E-state index contributed by atoms with van der Waals surface area (Å²) in [5.41, 5.74) is 1.66. The molecule has 9 heteroatoms. The van der Waals surface area contributed by atoms with Gasteiger partial charge >= 0.3 is 5.97 Å². The average molecular weight is 543 g/mol. The molecule has 0 bridgehead atoms. The zero-order chi connectivity index (χ0) is 23.2. The standard InChI is InChI=1S/C24H19BrN2O4S2/c1-30-17-9-6-16(7-10-17)19-13-33-24(26-19)27-21(28)12-31-22(29)14-32-20-11-8-15-4-2-3-5-18(15)23(20)25/h2-11,13H,12,14H2,1H3,(H,26,27,28). The number of aromatic nitrogens is 1. The second-order valence-corrected chi connectivity index (χ2v) is 9.53. The third-order valence-corrected chi connectivity index (χ3v) is 7.58. The number of carbonyl (C=O) groups is 2. The first kappa shape index (κ1) is 23.3. The first-order valence-electron chi connectivity index (χ1n) is 9.89. The van der Waals surface area contributed by atoms with Crippen molar-refractivity contribution in [2.45, 2.75) is 4.90 Å². The van der Waals surface area contributed by atoms with Crippen LogP contribution in [0.25, 0.3) is 22.0 Å². The van der Waals surface area contributed by atoms with E-state index in [2.05, 4.69) is 26.2 Å². The minimum Gasteiger partial charge on any atom is -0.497 e. The normalized spacial score (nSPS) is 10.7. The number of amides is 1. The van der Waals surface area contributed by atoms with Gasteiger partial charge in [-0.2, -0.15) is 0 Å². The van der Waals surface area contributed by atoms with Crippen molar-refractivity contribution in [3.8, 4) is 17.0 Å². The fourth-order valence-corrected chi connectivity index (χ4v) is 5.36. The second kappa shape index (κ2) is 10.8. The van der Waals surface area contributed by atoms with E-state index < -0.39 is 11.9 Å². The maximum absolute atomic E-state index is 12.2. The van der Waals surface area contributed by atoms with Gasteiger partial charge in [-0.25, -0.2) is 4.98 Å². The van der Waals surface area contributed by atoms with E-state index in [4.69, 9.17) is 9.47 Å². The van der Waals surface area contributed by atoms with E-state index in [-0.39, 0.29) is 12.4 Å². The molecule has 0 aliphatic carbocycles. The second-order valence-electron chi connectivity index (χ2n) is 6.86. The quantitative estimate of drug-likeness (QED) is 0.217. The van der Waals surface area contributed by atoms with Crippen molar-refractivity contribution in [3.05, 3.63) is 70.5 Å². The predicted molar refractivity (Wildman–Crippen MR) is 136 cm³/mol. The molecule has 4 rings (SSSR count). The molecular formula is C24H19BrN2O4S2. The van der Waals surface area contributed by atoms with Gasteiger partial charge in [0.25, 0.3) is 5.91 Å². The van der Waals surface area contributed by atoms with Gasteiger partial charge in [-0.15, -0.1) is 23.1 Å². The Labute approximate surface area is 207 Å². The van der Waals surface area contributed by atoms with Gasteiger partial charge in [-0.1, -0.05) is 30.3 Å². The SMILES string of the molecule is COc1ccc(-c2csc(NC(=O)COC(=O)CSc3ccc4ccccc4c3Br)n2)cc1. The first-order valence-corrected chi connectivity index (χ1v) is 12.5. The molecule has 1 amide bonds. The number of thiazole rings is 1. The molecule has 0 aliphatic rings. The number of anilines is 1. The zero-order valence-corrected chi connectivity index (χ0v) is 20.8. The Hall–Kier alpha value is -2.88. The number of rotatable bonds is 8. The molecule has 1 N–H and O–H groups in total. The van der Waals surface area contributed by atoms with Crippen LogP contribution < -0.4 is 10.1 Å². The molecular weight excluding hydrogens is 524 g/mol. The minimum absolute atomic E-state index is 0.100. The van der Waals surface area contributed by atoms with Crippen molar-refractivity contribution in [1.82, 2.24) is 4.98 Å². The lowest BCUT2D eigenvalue weighted by atomic mass is 10.1. The third-order valence-electron chi connectivity index (χ3n) is 4.67. The van der Waals surface area contributed by atoms with Gasteiger partial charge in [-0.3, -0.25) is 14.9 Å². The average Bonchev–Trinajstić information content (AvgIpc) is 3.31. The van der Waals surface area contributed by atoms with Crippen molar-refractivity contribution in [2.75, 3.05) is 24.8 Å². The molecule has 1 heterocycles. The molecule has 33 heavy (non-hydrogen) atoms. The Balaban J connectivity index is 1.26. The number of methoxy groups -OCH3 is 1. The van der Waals surface area contributed by atoms with E-state index in [0.717, 1.165) is 37.1 Å². The van der Waals surface area contributed by atoms with Gasteiger partial charge in [0.2, 0.25) is 0 Å². The number of nitrogens with one attached hydrogen (secondary N) is 1. The minimum atomic E-state index is -0.465. The Morgan fingerprint density at radius 2 is 1.88 bits per heavy atom. The number of esters is 1. The molecule has 0 saturated carbocycles. The molecule has 0 unspecified atom stereocenters. The van der Waals surface area contributed by atoms with Crippen LogP contribution in [0.1, 0.15) is 0 Å². The van der Waals surface area contributed by atoms with Crippen molar-refractivity contribution in [1.29, 1.82) is 0 Å².